The van der Waals surface area contributed by atoms with Gasteiger partial charge in [-0.25, -0.2) is 4.79 Å². The van der Waals surface area contributed by atoms with E-state index in [1.54, 1.807) is 24.3 Å². The molecule has 1 aromatic carbocycles. The van der Waals surface area contributed by atoms with Crippen molar-refractivity contribution in [1.82, 2.24) is 4.90 Å². The number of amidine groups is 1. The molecule has 1 atom stereocenters. The smallest absolute Gasteiger partial charge is 0.409 e. The summed E-state index contributed by atoms with van der Waals surface area (Å²) < 4.78 is 5.24. The highest BCUT2D eigenvalue weighted by Crippen LogP contribution is 2.14. The molecule has 0 aliphatic rings. The number of methoxy groups -OCH3 is 1. The third kappa shape index (κ3) is 4.24. The number of ether oxygens (including phenoxy) is 1. The largest absolute Gasteiger partial charge is 0.465 e. The van der Waals surface area contributed by atoms with Gasteiger partial charge in [-0.3, -0.25) is 10.3 Å². The molecule has 0 heterocycles. The van der Waals surface area contributed by atoms with E-state index in [0.29, 0.717) is 12.0 Å². The van der Waals surface area contributed by atoms with Crippen LogP contribution in [-0.4, -0.2) is 35.3 Å². The van der Waals surface area contributed by atoms with Gasteiger partial charge in [-0.05, 0) is 18.1 Å². The molecule has 1 rings (SSSR count). The Morgan fingerprint density at radius 2 is 2.25 bits per heavy atom. The van der Waals surface area contributed by atoms with Crippen LogP contribution in [0.5, 0.6) is 0 Å². The van der Waals surface area contributed by atoms with Crippen LogP contribution < -0.4 is 5.73 Å². The highest BCUT2D eigenvalue weighted by Gasteiger charge is 2.22. The maximum atomic E-state index is 11.4. The summed E-state index contributed by atoms with van der Waals surface area (Å²) in [6, 6.07) is 7.00. The van der Waals surface area contributed by atoms with Gasteiger partial charge in [0, 0.05) is 12.7 Å². The van der Waals surface area contributed by atoms with Gasteiger partial charge in [0.25, 0.3) is 0 Å². The lowest BCUT2D eigenvalue weighted by atomic mass is 10.1. The van der Waals surface area contributed by atoms with E-state index < -0.39 is 12.3 Å². The second kappa shape index (κ2) is 7.49. The first-order valence-electron chi connectivity index (χ1n) is 6.45. The fraction of sp³-hybridized carbons (Fsp3) is 0.429. The lowest BCUT2D eigenvalue weighted by molar-refractivity contribution is -0.0304. The second-order valence-corrected chi connectivity index (χ2v) is 4.50. The van der Waals surface area contributed by atoms with Gasteiger partial charge in [0.15, 0.2) is 0 Å². The molecule has 6 nitrogen and oxygen atoms in total. The summed E-state index contributed by atoms with van der Waals surface area (Å²) >= 11 is 0. The van der Waals surface area contributed by atoms with Crippen LogP contribution in [0.25, 0.3) is 0 Å². The van der Waals surface area contributed by atoms with Crippen LogP contribution in [0.4, 0.5) is 4.79 Å². The molecular formula is C14H21N3O3. The van der Waals surface area contributed by atoms with Crippen LogP contribution in [0.3, 0.4) is 0 Å². The number of hydrogen-bond donors (Lipinski definition) is 3. The molecule has 0 fully saturated rings. The van der Waals surface area contributed by atoms with Gasteiger partial charge in [0.2, 0.25) is 0 Å². The maximum absolute atomic E-state index is 11.4. The molecular weight excluding hydrogens is 258 g/mol. The number of rotatable bonds is 7. The first kappa shape index (κ1) is 16.0. The SMILES string of the molecule is CCCC(OC)N(Cc1cccc(C(=N)N)c1)C(=O)O. The lowest BCUT2D eigenvalue weighted by Gasteiger charge is -2.28. The van der Waals surface area contributed by atoms with Crippen LogP contribution in [0, 0.1) is 5.41 Å². The van der Waals surface area contributed by atoms with Crippen LogP contribution in [0.2, 0.25) is 0 Å². The van der Waals surface area contributed by atoms with E-state index in [9.17, 15) is 9.90 Å². The number of nitrogen functional groups attached to an aromatic ring is 1. The second-order valence-electron chi connectivity index (χ2n) is 4.50. The third-order valence-electron chi connectivity index (χ3n) is 2.99. The van der Waals surface area contributed by atoms with Crippen LogP contribution in [0.1, 0.15) is 30.9 Å². The van der Waals surface area contributed by atoms with E-state index in [0.717, 1.165) is 12.0 Å². The number of hydrogen-bond acceptors (Lipinski definition) is 3. The number of carbonyl (C=O) groups is 1. The predicted octanol–water partition coefficient (Wildman–Crippen LogP) is 2.22. The Hall–Kier alpha value is -2.08. The van der Waals surface area contributed by atoms with E-state index >= 15 is 0 Å². The first-order chi connectivity index (χ1) is 9.49. The monoisotopic (exact) mass is 279 g/mol. The molecule has 0 saturated heterocycles. The maximum Gasteiger partial charge on any atom is 0.409 e. The van der Waals surface area contributed by atoms with Crippen molar-refractivity contribution in [2.24, 2.45) is 5.73 Å². The third-order valence-corrected chi connectivity index (χ3v) is 2.99. The van der Waals surface area contributed by atoms with Gasteiger partial charge < -0.3 is 15.6 Å². The number of nitrogens with one attached hydrogen (secondary N) is 1. The average molecular weight is 279 g/mol. The van der Waals surface area contributed by atoms with E-state index in [-0.39, 0.29) is 12.4 Å². The summed E-state index contributed by atoms with van der Waals surface area (Å²) in [5.74, 6) is -0.0365. The number of nitrogens with zero attached hydrogens (tertiary/aromatic N) is 1. The first-order valence-corrected chi connectivity index (χ1v) is 6.45. The van der Waals surface area contributed by atoms with E-state index in [1.807, 2.05) is 6.92 Å². The summed E-state index contributed by atoms with van der Waals surface area (Å²) in [4.78, 5) is 12.6. The molecule has 110 valence electrons. The molecule has 6 heteroatoms. The summed E-state index contributed by atoms with van der Waals surface area (Å²) in [7, 11) is 1.50. The summed E-state index contributed by atoms with van der Waals surface area (Å²) in [6.45, 7) is 2.18. The quantitative estimate of drug-likeness (QED) is 0.405. The van der Waals surface area contributed by atoms with Crippen LogP contribution in [-0.2, 0) is 11.3 Å². The zero-order valence-corrected chi connectivity index (χ0v) is 11.8. The van der Waals surface area contributed by atoms with Crippen LogP contribution in [0.15, 0.2) is 24.3 Å². The molecule has 0 aromatic heterocycles. The fourth-order valence-electron chi connectivity index (χ4n) is 1.97. The Morgan fingerprint density at radius 1 is 1.55 bits per heavy atom. The molecule has 20 heavy (non-hydrogen) atoms. The number of carboxylic acid groups (broad SMARTS) is 1. The van der Waals surface area contributed by atoms with Gasteiger partial charge in [0.1, 0.15) is 12.1 Å². The van der Waals surface area contributed by atoms with Gasteiger partial charge in [-0.1, -0.05) is 31.5 Å². The number of nitrogens with two attached hydrogens (primary N) is 1. The minimum Gasteiger partial charge on any atom is -0.465 e. The molecule has 0 aliphatic carbocycles. The van der Waals surface area contributed by atoms with Gasteiger partial charge in [0.05, 0.1) is 6.54 Å². The van der Waals surface area contributed by atoms with Gasteiger partial charge in [-0.15, -0.1) is 0 Å². The fourth-order valence-corrected chi connectivity index (χ4v) is 1.97. The highest BCUT2D eigenvalue weighted by atomic mass is 16.5. The minimum atomic E-state index is -1.03. The summed E-state index contributed by atoms with van der Waals surface area (Å²) in [6.07, 6.45) is -0.0395. The van der Waals surface area contributed by atoms with Crippen molar-refractivity contribution in [3.8, 4) is 0 Å². The Labute approximate surface area is 118 Å². The molecule has 0 radical (unpaired) electrons. The van der Waals surface area contributed by atoms with Gasteiger partial charge in [-0.2, -0.15) is 0 Å². The topological polar surface area (TPSA) is 99.6 Å². The Balaban J connectivity index is 2.92. The van der Waals surface area contributed by atoms with Gasteiger partial charge >= 0.3 is 6.09 Å². The minimum absolute atomic E-state index is 0.0365. The summed E-state index contributed by atoms with van der Waals surface area (Å²) in [5.41, 5.74) is 6.79. The Kier molecular flexibility index (Phi) is 5.99. The molecule has 1 unspecified atom stereocenters. The zero-order chi connectivity index (χ0) is 15.1. The number of amides is 1. The van der Waals surface area contributed by atoms with Crippen molar-refractivity contribution >= 4 is 11.9 Å². The zero-order valence-electron chi connectivity index (χ0n) is 11.8. The Morgan fingerprint density at radius 3 is 2.75 bits per heavy atom. The predicted molar refractivity (Wildman–Crippen MR) is 76.7 cm³/mol. The average Bonchev–Trinajstić information content (AvgIpc) is 2.42. The molecule has 0 bridgehead atoms. The Bertz CT molecular complexity index is 476. The highest BCUT2D eigenvalue weighted by molar-refractivity contribution is 5.95. The van der Waals surface area contributed by atoms with E-state index in [1.165, 1.54) is 12.0 Å². The summed E-state index contributed by atoms with van der Waals surface area (Å²) in [5, 5.41) is 16.7. The van der Waals surface area contributed by atoms with Crippen molar-refractivity contribution in [3.05, 3.63) is 35.4 Å². The van der Waals surface area contributed by atoms with E-state index in [4.69, 9.17) is 15.9 Å². The lowest BCUT2D eigenvalue weighted by Crippen LogP contribution is -2.40. The van der Waals surface area contributed by atoms with Crippen molar-refractivity contribution in [2.45, 2.75) is 32.5 Å². The van der Waals surface area contributed by atoms with E-state index in [2.05, 4.69) is 0 Å². The van der Waals surface area contributed by atoms with Crippen molar-refractivity contribution in [1.29, 1.82) is 5.41 Å². The molecule has 0 spiro atoms. The molecule has 1 amide bonds. The molecule has 0 saturated carbocycles. The number of benzene rings is 1. The van der Waals surface area contributed by atoms with Crippen molar-refractivity contribution in [3.63, 3.8) is 0 Å². The standard InChI is InChI=1S/C14H21N3O3/c1-3-5-12(20-2)17(14(18)19)9-10-6-4-7-11(8-10)13(15)16/h4,6-8,12H,3,5,9H2,1-2H3,(H3,15,16)(H,18,19). The molecule has 4 N–H and O–H groups in total. The van der Waals surface area contributed by atoms with Crippen molar-refractivity contribution < 1.29 is 14.6 Å². The van der Waals surface area contributed by atoms with Crippen molar-refractivity contribution in [2.75, 3.05) is 7.11 Å². The normalized spacial score (nSPS) is 11.9. The molecule has 0 aliphatic heterocycles. The van der Waals surface area contributed by atoms with Crippen LogP contribution >= 0.6 is 0 Å². The molecule has 1 aromatic rings.